The van der Waals surface area contributed by atoms with Crippen LogP contribution in [0.15, 0.2) is 17.5 Å². The highest BCUT2D eigenvalue weighted by Crippen LogP contribution is 2.11. The second kappa shape index (κ2) is 6.01. The van der Waals surface area contributed by atoms with Crippen LogP contribution in [0.1, 0.15) is 18.7 Å². The molecule has 0 fully saturated rings. The van der Waals surface area contributed by atoms with E-state index in [1.165, 1.54) is 4.88 Å². The Bertz CT molecular complexity index is 322. The molecule has 1 aromatic rings. The molecule has 1 aromatic heterocycles. The van der Waals surface area contributed by atoms with Crippen molar-refractivity contribution in [2.45, 2.75) is 26.3 Å². The van der Waals surface area contributed by atoms with E-state index >= 15 is 0 Å². The smallest absolute Gasteiger partial charge is 0.226 e. The predicted octanol–water partition coefficient (Wildman–Crippen LogP) is 1.73. The third-order valence-corrected chi connectivity index (χ3v) is 3.76. The maximum absolute atomic E-state index is 11.9. The van der Waals surface area contributed by atoms with Gasteiger partial charge in [-0.1, -0.05) is 13.0 Å². The van der Waals surface area contributed by atoms with Gasteiger partial charge in [-0.15, -0.1) is 11.3 Å². The first-order valence-corrected chi connectivity index (χ1v) is 6.43. The summed E-state index contributed by atoms with van der Waals surface area (Å²) in [6, 6.07) is 4.04. The average molecular weight is 240 g/mol. The van der Waals surface area contributed by atoms with Gasteiger partial charge in [0.15, 0.2) is 0 Å². The molecule has 0 aliphatic carbocycles. The van der Waals surface area contributed by atoms with Gasteiger partial charge in [-0.2, -0.15) is 0 Å². The van der Waals surface area contributed by atoms with Crippen molar-refractivity contribution in [2.24, 2.45) is 11.7 Å². The Morgan fingerprint density at radius 2 is 2.25 bits per heavy atom. The van der Waals surface area contributed by atoms with Crippen LogP contribution >= 0.6 is 11.3 Å². The van der Waals surface area contributed by atoms with Crippen LogP contribution in [0.5, 0.6) is 0 Å². The fraction of sp³-hybridized carbons (Fsp3) is 0.583. The van der Waals surface area contributed by atoms with E-state index in [0.717, 1.165) is 13.0 Å². The van der Waals surface area contributed by atoms with Gasteiger partial charge < -0.3 is 10.6 Å². The molecule has 2 N–H and O–H groups in total. The molecule has 0 saturated heterocycles. The van der Waals surface area contributed by atoms with E-state index in [0.29, 0.717) is 0 Å². The van der Waals surface area contributed by atoms with E-state index in [1.807, 2.05) is 27.0 Å². The Balaban J connectivity index is 2.40. The van der Waals surface area contributed by atoms with E-state index in [-0.39, 0.29) is 17.9 Å². The van der Waals surface area contributed by atoms with Gasteiger partial charge in [0, 0.05) is 24.5 Å². The van der Waals surface area contributed by atoms with E-state index in [4.69, 9.17) is 5.73 Å². The molecule has 0 bridgehead atoms. The summed E-state index contributed by atoms with van der Waals surface area (Å²) in [6.07, 6.45) is 0.922. The monoisotopic (exact) mass is 240 g/mol. The van der Waals surface area contributed by atoms with Gasteiger partial charge in [0.2, 0.25) is 5.91 Å². The Hall–Kier alpha value is -0.870. The van der Waals surface area contributed by atoms with E-state index in [2.05, 4.69) is 11.4 Å². The van der Waals surface area contributed by atoms with Crippen LogP contribution < -0.4 is 5.73 Å². The summed E-state index contributed by atoms with van der Waals surface area (Å²) in [5.41, 5.74) is 5.72. The lowest BCUT2D eigenvalue weighted by atomic mass is 10.0. The second-order valence-corrected chi connectivity index (χ2v) is 5.27. The summed E-state index contributed by atoms with van der Waals surface area (Å²) < 4.78 is 0. The average Bonchev–Trinajstić information content (AvgIpc) is 2.76. The zero-order chi connectivity index (χ0) is 12.1. The van der Waals surface area contributed by atoms with Crippen LogP contribution in [-0.4, -0.2) is 30.4 Å². The standard InChI is InChI=1S/C12H20N2OS/c1-9(10(2)13)12(15)14(3)7-6-11-5-4-8-16-11/h4-5,8-10H,6-7,13H2,1-3H3. The van der Waals surface area contributed by atoms with Crippen LogP contribution in [0.3, 0.4) is 0 Å². The molecule has 0 aliphatic rings. The lowest BCUT2D eigenvalue weighted by molar-refractivity contribution is -0.134. The molecule has 2 atom stereocenters. The molecule has 0 radical (unpaired) electrons. The van der Waals surface area contributed by atoms with Crippen LogP contribution in [0.4, 0.5) is 0 Å². The molecule has 0 aliphatic heterocycles. The zero-order valence-electron chi connectivity index (χ0n) is 10.1. The summed E-state index contributed by atoms with van der Waals surface area (Å²) in [5.74, 6) is 0.0277. The topological polar surface area (TPSA) is 46.3 Å². The number of likely N-dealkylation sites (N-methyl/N-ethyl adjacent to an activating group) is 1. The normalized spacial score (nSPS) is 14.5. The highest BCUT2D eigenvalue weighted by atomic mass is 32.1. The van der Waals surface area contributed by atoms with Crippen LogP contribution in [0.25, 0.3) is 0 Å². The first-order chi connectivity index (χ1) is 7.52. The summed E-state index contributed by atoms with van der Waals surface area (Å²) in [4.78, 5) is 15.0. The molecule has 0 aromatic carbocycles. The summed E-state index contributed by atoms with van der Waals surface area (Å²) >= 11 is 1.73. The molecule has 4 heteroatoms. The minimum atomic E-state index is -0.103. The van der Waals surface area contributed by atoms with E-state index < -0.39 is 0 Å². The highest BCUT2D eigenvalue weighted by molar-refractivity contribution is 7.09. The maximum Gasteiger partial charge on any atom is 0.226 e. The zero-order valence-corrected chi connectivity index (χ0v) is 11.0. The van der Waals surface area contributed by atoms with Crippen LogP contribution in [0, 0.1) is 5.92 Å². The van der Waals surface area contributed by atoms with Crippen molar-refractivity contribution in [1.29, 1.82) is 0 Å². The summed E-state index contributed by atoms with van der Waals surface area (Å²) in [7, 11) is 1.84. The number of carbonyl (C=O) groups is 1. The third kappa shape index (κ3) is 3.61. The van der Waals surface area contributed by atoms with E-state index in [9.17, 15) is 4.79 Å². The largest absolute Gasteiger partial charge is 0.345 e. The molecule has 90 valence electrons. The fourth-order valence-corrected chi connectivity index (χ4v) is 2.11. The number of amides is 1. The van der Waals surface area contributed by atoms with Crippen molar-refractivity contribution in [3.8, 4) is 0 Å². The quantitative estimate of drug-likeness (QED) is 0.852. The van der Waals surface area contributed by atoms with Gasteiger partial charge in [0.1, 0.15) is 0 Å². The third-order valence-electron chi connectivity index (χ3n) is 2.83. The summed E-state index contributed by atoms with van der Waals surface area (Å²) in [6.45, 7) is 4.51. The number of thiophene rings is 1. The molecule has 1 rings (SSSR count). The van der Waals surface area contributed by atoms with Crippen LogP contribution in [-0.2, 0) is 11.2 Å². The van der Waals surface area contributed by atoms with Crippen molar-refractivity contribution >= 4 is 17.2 Å². The van der Waals surface area contributed by atoms with Crippen molar-refractivity contribution < 1.29 is 4.79 Å². The van der Waals surface area contributed by atoms with Gasteiger partial charge in [0.05, 0.1) is 5.92 Å². The lowest BCUT2D eigenvalue weighted by Gasteiger charge is -2.23. The number of carbonyl (C=O) groups excluding carboxylic acids is 1. The molecular weight excluding hydrogens is 220 g/mol. The van der Waals surface area contributed by atoms with Gasteiger partial charge >= 0.3 is 0 Å². The number of nitrogens with two attached hydrogens (primary N) is 1. The molecular formula is C12H20N2OS. The molecule has 1 heterocycles. The second-order valence-electron chi connectivity index (χ2n) is 4.24. The predicted molar refractivity (Wildman–Crippen MR) is 68.5 cm³/mol. The van der Waals surface area contributed by atoms with Gasteiger partial charge in [-0.25, -0.2) is 0 Å². The molecule has 0 spiro atoms. The summed E-state index contributed by atoms with van der Waals surface area (Å²) in [5, 5.41) is 2.06. The molecule has 2 unspecified atom stereocenters. The minimum absolute atomic E-state index is 0.0864. The number of hydrogen-bond donors (Lipinski definition) is 1. The number of rotatable bonds is 5. The number of nitrogens with zero attached hydrogens (tertiary/aromatic N) is 1. The van der Waals surface area contributed by atoms with Gasteiger partial charge in [-0.05, 0) is 24.8 Å². The SMILES string of the molecule is CC(N)C(C)C(=O)N(C)CCc1cccs1. The lowest BCUT2D eigenvalue weighted by Crippen LogP contribution is -2.40. The maximum atomic E-state index is 11.9. The first-order valence-electron chi connectivity index (χ1n) is 5.55. The Morgan fingerprint density at radius 3 is 2.75 bits per heavy atom. The minimum Gasteiger partial charge on any atom is -0.345 e. The van der Waals surface area contributed by atoms with Gasteiger partial charge in [0.25, 0.3) is 0 Å². The highest BCUT2D eigenvalue weighted by Gasteiger charge is 2.20. The fourth-order valence-electron chi connectivity index (χ4n) is 1.42. The van der Waals surface area contributed by atoms with Crippen molar-refractivity contribution in [1.82, 2.24) is 4.90 Å². The Morgan fingerprint density at radius 1 is 1.56 bits per heavy atom. The van der Waals surface area contributed by atoms with Crippen molar-refractivity contribution in [3.05, 3.63) is 22.4 Å². The van der Waals surface area contributed by atoms with Crippen molar-refractivity contribution in [3.63, 3.8) is 0 Å². The molecule has 0 saturated carbocycles. The van der Waals surface area contributed by atoms with Gasteiger partial charge in [-0.3, -0.25) is 4.79 Å². The molecule has 16 heavy (non-hydrogen) atoms. The molecule has 1 amide bonds. The Labute approximate surface area is 101 Å². The molecule has 3 nitrogen and oxygen atoms in total. The Kier molecular flexibility index (Phi) is 4.96. The first kappa shape index (κ1) is 13.2. The van der Waals surface area contributed by atoms with Crippen molar-refractivity contribution in [2.75, 3.05) is 13.6 Å². The number of hydrogen-bond acceptors (Lipinski definition) is 3. The van der Waals surface area contributed by atoms with E-state index in [1.54, 1.807) is 16.2 Å². The van der Waals surface area contributed by atoms with Crippen LogP contribution in [0.2, 0.25) is 0 Å².